The molecule has 3 aromatic carbocycles. The van der Waals surface area contributed by atoms with E-state index in [0.717, 1.165) is 0 Å². The first kappa shape index (κ1) is 18.9. The summed E-state index contributed by atoms with van der Waals surface area (Å²) in [7, 11) is 0. The van der Waals surface area contributed by atoms with Crippen LogP contribution in [0.5, 0.6) is 0 Å². The number of carbonyl (C=O) groups excluding carboxylic acids is 1. The molecule has 0 unspecified atom stereocenters. The highest BCUT2D eigenvalue weighted by Gasteiger charge is 2.14. The molecule has 0 saturated carbocycles. The zero-order chi connectivity index (χ0) is 20.2. The Balaban J connectivity index is 0.000000161. The predicted octanol–water partition coefficient (Wildman–Crippen LogP) is 6.59. The summed E-state index contributed by atoms with van der Waals surface area (Å²) in [4.78, 5) is 13.4. The Morgan fingerprint density at radius 1 is 0.897 bits per heavy atom. The molecular formula is C25H21FO3. The van der Waals surface area contributed by atoms with Gasteiger partial charge in [-0.3, -0.25) is 0 Å². The van der Waals surface area contributed by atoms with Crippen LogP contribution in [-0.4, -0.2) is 5.97 Å². The second-order valence-electron chi connectivity index (χ2n) is 7.11. The number of fused-ring (bicyclic) bond motifs is 5. The van der Waals surface area contributed by atoms with E-state index in [-0.39, 0.29) is 11.3 Å². The Morgan fingerprint density at radius 3 is 2.48 bits per heavy atom. The summed E-state index contributed by atoms with van der Waals surface area (Å²) in [5.41, 5.74) is 3.03. The number of benzene rings is 3. The molecule has 1 aliphatic rings. The molecule has 1 aliphatic carbocycles. The summed E-state index contributed by atoms with van der Waals surface area (Å²) >= 11 is 0. The second-order valence-corrected chi connectivity index (χ2v) is 7.11. The van der Waals surface area contributed by atoms with Gasteiger partial charge in [-0.1, -0.05) is 55.1 Å². The first-order chi connectivity index (χ1) is 14.2. The Kier molecular flexibility index (Phi) is 5.43. The van der Waals surface area contributed by atoms with Crippen LogP contribution in [0.4, 0.5) is 4.53 Å². The predicted molar refractivity (Wildman–Crippen MR) is 113 cm³/mol. The highest BCUT2D eigenvalue weighted by atomic mass is 19.3. The highest BCUT2D eigenvalue weighted by molar-refractivity contribution is 6.14. The van der Waals surface area contributed by atoms with Gasteiger partial charge in [0.25, 0.3) is 0 Å². The van der Waals surface area contributed by atoms with Crippen LogP contribution in [-0.2, 0) is 22.6 Å². The van der Waals surface area contributed by atoms with Crippen molar-refractivity contribution in [2.24, 2.45) is 0 Å². The van der Waals surface area contributed by atoms with Crippen LogP contribution < -0.4 is 0 Å². The maximum Gasteiger partial charge on any atom is 0.382 e. The lowest BCUT2D eigenvalue weighted by atomic mass is 9.86. The van der Waals surface area contributed by atoms with Gasteiger partial charge in [0, 0.05) is 4.53 Å². The molecule has 0 aliphatic heterocycles. The topological polar surface area (TPSA) is 39.4 Å². The molecule has 0 N–H and O–H groups in total. The zero-order valence-corrected chi connectivity index (χ0v) is 16.0. The third-order valence-corrected chi connectivity index (χ3v) is 5.39. The molecule has 0 bridgehead atoms. The van der Waals surface area contributed by atoms with Crippen molar-refractivity contribution in [2.75, 3.05) is 0 Å². The van der Waals surface area contributed by atoms with E-state index in [9.17, 15) is 9.32 Å². The van der Waals surface area contributed by atoms with E-state index >= 15 is 0 Å². The van der Waals surface area contributed by atoms with Gasteiger partial charge < -0.3 is 4.42 Å². The maximum atomic E-state index is 11.3. The van der Waals surface area contributed by atoms with Gasteiger partial charge in [-0.05, 0) is 70.5 Å². The summed E-state index contributed by atoms with van der Waals surface area (Å²) < 4.78 is 16.0. The first-order valence-corrected chi connectivity index (χ1v) is 9.67. The van der Waals surface area contributed by atoms with Gasteiger partial charge in [-0.25, -0.2) is 9.74 Å². The fraction of sp³-hybridized carbons (Fsp3) is 0.160. The van der Waals surface area contributed by atoms with Crippen molar-refractivity contribution < 1.29 is 18.7 Å². The molecule has 0 radical (unpaired) electrons. The van der Waals surface area contributed by atoms with Gasteiger partial charge in [0.05, 0.1) is 11.8 Å². The summed E-state index contributed by atoms with van der Waals surface area (Å²) in [6.07, 6.45) is 6.57. The third kappa shape index (κ3) is 3.79. The molecule has 0 atom stereocenters. The lowest BCUT2D eigenvalue weighted by Crippen LogP contribution is -2.02. The zero-order valence-electron chi connectivity index (χ0n) is 16.0. The number of hydrogen-bond acceptors (Lipinski definition) is 3. The van der Waals surface area contributed by atoms with Crippen molar-refractivity contribution in [3.05, 3.63) is 90.4 Å². The molecule has 146 valence electrons. The smallest absolute Gasteiger partial charge is 0.382 e. The Labute approximate surface area is 168 Å². The minimum Gasteiger partial charge on any atom is -0.464 e. The van der Waals surface area contributed by atoms with E-state index < -0.39 is 5.97 Å². The third-order valence-electron chi connectivity index (χ3n) is 5.39. The second kappa shape index (κ2) is 8.31. The van der Waals surface area contributed by atoms with Crippen LogP contribution >= 0.6 is 0 Å². The van der Waals surface area contributed by atoms with E-state index in [2.05, 4.69) is 60.1 Å². The van der Waals surface area contributed by atoms with Crippen molar-refractivity contribution in [1.82, 2.24) is 0 Å². The van der Waals surface area contributed by atoms with Crippen molar-refractivity contribution in [3.63, 3.8) is 0 Å². The van der Waals surface area contributed by atoms with Gasteiger partial charge in [0.1, 0.15) is 5.76 Å². The van der Waals surface area contributed by atoms with Crippen LogP contribution in [0.15, 0.2) is 77.9 Å². The molecule has 1 heterocycles. The van der Waals surface area contributed by atoms with E-state index in [0.29, 0.717) is 0 Å². The fourth-order valence-electron chi connectivity index (χ4n) is 3.94. The van der Waals surface area contributed by atoms with Crippen LogP contribution in [0.25, 0.3) is 27.1 Å². The van der Waals surface area contributed by atoms with Crippen LogP contribution in [0, 0.1) is 0 Å². The highest BCUT2D eigenvalue weighted by Crippen LogP contribution is 2.33. The molecule has 5 rings (SSSR count). The molecule has 4 heteroatoms. The van der Waals surface area contributed by atoms with Crippen LogP contribution in [0.2, 0.25) is 0 Å². The Morgan fingerprint density at radius 2 is 1.69 bits per heavy atom. The monoisotopic (exact) mass is 388 g/mol. The minimum atomic E-state index is -1.14. The molecule has 29 heavy (non-hydrogen) atoms. The lowest BCUT2D eigenvalue weighted by molar-refractivity contribution is -0.175. The largest absolute Gasteiger partial charge is 0.464 e. The maximum absolute atomic E-state index is 11.3. The standard InChI is InChI=1S/C18H16.C7H5FO3/c1-3-7-15-13(5-1)9-11-18-16-8-4-2-6-14(16)10-12-17(15)18;1-5(7(9)11-8)6-3-2-4-10-6/h1,3,5,7,9-12H,2,4,6,8H2;2-4H,1H2. The van der Waals surface area contributed by atoms with Gasteiger partial charge in [0.2, 0.25) is 0 Å². The van der Waals surface area contributed by atoms with E-state index in [4.69, 9.17) is 4.42 Å². The molecule has 0 fully saturated rings. The number of furan rings is 1. The Bertz CT molecular complexity index is 1180. The summed E-state index contributed by atoms with van der Waals surface area (Å²) in [5, 5.41) is 5.64. The average molecular weight is 388 g/mol. The molecule has 3 nitrogen and oxygen atoms in total. The molecule has 4 aromatic rings. The number of hydrogen-bond donors (Lipinski definition) is 0. The molecule has 0 saturated heterocycles. The molecular weight excluding hydrogens is 367 g/mol. The summed E-state index contributed by atoms with van der Waals surface area (Å²) in [5.74, 6) is -0.937. The molecule has 0 spiro atoms. The Hall–Kier alpha value is -3.40. The van der Waals surface area contributed by atoms with E-state index in [1.807, 2.05) is 0 Å². The molecule has 0 amide bonds. The van der Waals surface area contributed by atoms with Gasteiger partial charge in [-0.2, -0.15) is 0 Å². The lowest BCUT2D eigenvalue weighted by Gasteiger charge is -2.18. The minimum absolute atomic E-state index is 0.141. The van der Waals surface area contributed by atoms with Crippen molar-refractivity contribution in [1.29, 1.82) is 0 Å². The van der Waals surface area contributed by atoms with Crippen molar-refractivity contribution in [2.45, 2.75) is 25.7 Å². The number of carbonyl (C=O) groups is 1. The van der Waals surface area contributed by atoms with Gasteiger partial charge in [-0.15, -0.1) is 0 Å². The van der Waals surface area contributed by atoms with E-state index in [1.54, 1.807) is 17.2 Å². The summed E-state index contributed by atoms with van der Waals surface area (Å²) in [6, 6.07) is 21.0. The van der Waals surface area contributed by atoms with Crippen molar-refractivity contribution >= 4 is 33.1 Å². The fourth-order valence-corrected chi connectivity index (χ4v) is 3.94. The van der Waals surface area contributed by atoms with E-state index in [1.165, 1.54) is 59.6 Å². The number of rotatable bonds is 2. The average Bonchev–Trinajstić information content (AvgIpc) is 3.33. The van der Waals surface area contributed by atoms with Gasteiger partial charge in [0.15, 0.2) is 0 Å². The van der Waals surface area contributed by atoms with Gasteiger partial charge >= 0.3 is 5.97 Å². The quantitative estimate of drug-likeness (QED) is 0.287. The van der Waals surface area contributed by atoms with Crippen molar-refractivity contribution in [3.8, 4) is 0 Å². The first-order valence-electron chi connectivity index (χ1n) is 9.67. The van der Waals surface area contributed by atoms with Crippen LogP contribution in [0.3, 0.4) is 0 Å². The SMILES string of the molecule is C=C(C(=O)OF)c1ccco1.c1ccc2c(c1)ccc1c3c(ccc12)CCCC3. The molecule has 1 aromatic heterocycles. The van der Waals surface area contributed by atoms with Crippen LogP contribution in [0.1, 0.15) is 29.7 Å². The normalized spacial score (nSPS) is 12.7. The number of aryl methyl sites for hydroxylation is 2. The number of halogens is 1. The summed E-state index contributed by atoms with van der Waals surface area (Å²) in [6.45, 7) is 3.26.